The molecule has 6 nitrogen and oxygen atoms in total. The van der Waals surface area contributed by atoms with Gasteiger partial charge < -0.3 is 9.73 Å². The molecule has 0 atom stereocenters. The van der Waals surface area contributed by atoms with Gasteiger partial charge in [0.25, 0.3) is 5.22 Å². The Morgan fingerprint density at radius 2 is 1.67 bits per heavy atom. The van der Waals surface area contributed by atoms with E-state index in [1.807, 2.05) is 42.5 Å². The fourth-order valence-electron chi connectivity index (χ4n) is 2.85. The fourth-order valence-corrected chi connectivity index (χ4v) is 3.54. The molecule has 1 amide bonds. The Morgan fingerprint density at radius 3 is 2.39 bits per heavy atom. The average Bonchev–Trinajstić information content (AvgIpc) is 3.32. The highest BCUT2D eigenvalue weighted by Crippen LogP contribution is 2.23. The lowest BCUT2D eigenvalue weighted by molar-refractivity contribution is -0.113. The Balaban J connectivity index is 1.28. The molecular formula is C25H18ClN3O3S. The Hall–Kier alpha value is -3.68. The van der Waals surface area contributed by atoms with Crippen LogP contribution < -0.4 is 5.32 Å². The fraction of sp³-hybridized carbons (Fsp3) is 0.0400. The van der Waals surface area contributed by atoms with Crippen LogP contribution in [0.4, 0.5) is 5.69 Å². The number of aromatic nitrogens is 2. The van der Waals surface area contributed by atoms with Crippen molar-refractivity contribution in [3.63, 3.8) is 0 Å². The Labute approximate surface area is 199 Å². The van der Waals surface area contributed by atoms with Crippen molar-refractivity contribution in [2.24, 2.45) is 0 Å². The molecule has 4 aromatic rings. The SMILES string of the molecule is O=C(CSc1nnc(-c2ccccc2)o1)Nc1ccc(C(=O)/C=C/c2ccc(Cl)cc2)cc1. The molecular weight excluding hydrogens is 458 g/mol. The quantitative estimate of drug-likeness (QED) is 0.190. The van der Waals surface area contributed by atoms with Crippen LogP contribution in [0.2, 0.25) is 5.02 Å². The highest BCUT2D eigenvalue weighted by molar-refractivity contribution is 7.99. The second kappa shape index (κ2) is 10.8. The lowest BCUT2D eigenvalue weighted by Gasteiger charge is -2.05. The van der Waals surface area contributed by atoms with E-state index in [0.29, 0.717) is 27.4 Å². The predicted molar refractivity (Wildman–Crippen MR) is 130 cm³/mol. The van der Waals surface area contributed by atoms with Gasteiger partial charge in [-0.2, -0.15) is 0 Å². The average molecular weight is 476 g/mol. The Morgan fingerprint density at radius 1 is 0.939 bits per heavy atom. The summed E-state index contributed by atoms with van der Waals surface area (Å²) in [6.45, 7) is 0. The Kier molecular flexibility index (Phi) is 7.34. The minimum atomic E-state index is -0.221. The first-order chi connectivity index (χ1) is 16.1. The van der Waals surface area contributed by atoms with E-state index in [1.54, 1.807) is 42.5 Å². The van der Waals surface area contributed by atoms with Gasteiger partial charge in [-0.25, -0.2) is 0 Å². The van der Waals surface area contributed by atoms with Crippen molar-refractivity contribution >= 4 is 46.8 Å². The van der Waals surface area contributed by atoms with Crippen molar-refractivity contribution < 1.29 is 14.0 Å². The van der Waals surface area contributed by atoms with E-state index in [2.05, 4.69) is 15.5 Å². The van der Waals surface area contributed by atoms with Gasteiger partial charge in [-0.15, -0.1) is 10.2 Å². The summed E-state index contributed by atoms with van der Waals surface area (Å²) < 4.78 is 5.58. The third kappa shape index (κ3) is 6.41. The molecule has 0 aliphatic carbocycles. The maximum Gasteiger partial charge on any atom is 0.277 e. The van der Waals surface area contributed by atoms with Crippen LogP contribution in [0.1, 0.15) is 15.9 Å². The van der Waals surface area contributed by atoms with Crippen molar-refractivity contribution in [1.82, 2.24) is 10.2 Å². The molecule has 0 saturated carbocycles. The van der Waals surface area contributed by atoms with Crippen molar-refractivity contribution in [2.75, 3.05) is 11.1 Å². The maximum atomic E-state index is 12.4. The summed E-state index contributed by atoms with van der Waals surface area (Å²) in [5.41, 5.74) is 2.81. The first kappa shape index (κ1) is 22.5. The lowest BCUT2D eigenvalue weighted by Crippen LogP contribution is -2.14. The predicted octanol–water partition coefficient (Wildman–Crippen LogP) is 6.02. The molecule has 1 N–H and O–H groups in total. The summed E-state index contributed by atoms with van der Waals surface area (Å²) >= 11 is 7.02. The number of nitrogens with zero attached hydrogens (tertiary/aromatic N) is 2. The molecule has 1 aromatic heterocycles. The summed E-state index contributed by atoms with van der Waals surface area (Å²) in [5, 5.41) is 11.7. The Bertz CT molecular complexity index is 1270. The van der Waals surface area contributed by atoms with Crippen LogP contribution in [-0.4, -0.2) is 27.6 Å². The summed E-state index contributed by atoms with van der Waals surface area (Å²) in [6.07, 6.45) is 3.23. The van der Waals surface area contributed by atoms with E-state index in [4.69, 9.17) is 16.0 Å². The molecule has 0 aliphatic heterocycles. The van der Waals surface area contributed by atoms with Gasteiger partial charge in [0.05, 0.1) is 5.75 Å². The van der Waals surface area contributed by atoms with Crippen LogP contribution in [-0.2, 0) is 4.79 Å². The molecule has 0 unspecified atom stereocenters. The number of rotatable bonds is 8. The van der Waals surface area contributed by atoms with Gasteiger partial charge in [0, 0.05) is 21.8 Å². The molecule has 164 valence electrons. The highest BCUT2D eigenvalue weighted by atomic mass is 35.5. The van der Waals surface area contributed by atoms with E-state index in [-0.39, 0.29) is 17.4 Å². The molecule has 0 radical (unpaired) electrons. The maximum absolute atomic E-state index is 12.4. The number of anilines is 1. The number of benzene rings is 3. The number of hydrogen-bond acceptors (Lipinski definition) is 6. The zero-order valence-electron chi connectivity index (χ0n) is 17.3. The van der Waals surface area contributed by atoms with Crippen LogP contribution in [0.3, 0.4) is 0 Å². The van der Waals surface area contributed by atoms with Crippen LogP contribution in [0.15, 0.2) is 94.6 Å². The number of carbonyl (C=O) groups excluding carboxylic acids is 2. The first-order valence-corrected chi connectivity index (χ1v) is 11.3. The van der Waals surface area contributed by atoms with Gasteiger partial charge in [0.15, 0.2) is 5.78 Å². The van der Waals surface area contributed by atoms with Crippen molar-refractivity contribution in [3.8, 4) is 11.5 Å². The minimum Gasteiger partial charge on any atom is -0.411 e. The molecule has 4 rings (SSSR count). The number of ketones is 1. The first-order valence-electron chi connectivity index (χ1n) is 9.96. The van der Waals surface area contributed by atoms with Crippen LogP contribution in [0.5, 0.6) is 0 Å². The molecule has 0 saturated heterocycles. The van der Waals surface area contributed by atoms with Gasteiger partial charge in [0.1, 0.15) is 0 Å². The number of nitrogens with one attached hydrogen (secondary N) is 1. The smallest absolute Gasteiger partial charge is 0.277 e. The van der Waals surface area contributed by atoms with Gasteiger partial charge in [-0.1, -0.05) is 59.8 Å². The largest absolute Gasteiger partial charge is 0.411 e. The second-order valence-electron chi connectivity index (χ2n) is 6.90. The number of amides is 1. The summed E-state index contributed by atoms with van der Waals surface area (Å²) in [6, 6.07) is 23.3. The monoisotopic (exact) mass is 475 g/mol. The highest BCUT2D eigenvalue weighted by Gasteiger charge is 2.11. The zero-order chi connectivity index (χ0) is 23.0. The third-order valence-electron chi connectivity index (χ3n) is 4.50. The number of halogens is 1. The molecule has 33 heavy (non-hydrogen) atoms. The standard InChI is InChI=1S/C25H18ClN3O3S/c26-20-11-6-17(7-12-20)8-15-22(30)18-9-13-21(14-10-18)27-23(31)16-33-25-29-28-24(32-25)19-4-2-1-3-5-19/h1-15H,16H2,(H,27,31)/b15-8+. The zero-order valence-corrected chi connectivity index (χ0v) is 18.8. The van der Waals surface area contributed by atoms with Crippen molar-refractivity contribution in [3.05, 3.63) is 101 Å². The van der Waals surface area contributed by atoms with E-state index in [1.165, 1.54) is 6.08 Å². The third-order valence-corrected chi connectivity index (χ3v) is 5.57. The number of hydrogen-bond donors (Lipinski definition) is 1. The van der Waals surface area contributed by atoms with E-state index >= 15 is 0 Å². The van der Waals surface area contributed by atoms with Crippen LogP contribution in [0, 0.1) is 0 Å². The number of allylic oxidation sites excluding steroid dienone is 1. The molecule has 3 aromatic carbocycles. The van der Waals surface area contributed by atoms with Gasteiger partial charge in [-0.05, 0) is 60.2 Å². The summed E-state index contributed by atoms with van der Waals surface area (Å²) in [4.78, 5) is 24.6. The second-order valence-corrected chi connectivity index (χ2v) is 8.27. The molecule has 0 spiro atoms. The minimum absolute atomic E-state index is 0.112. The van der Waals surface area contributed by atoms with Crippen molar-refractivity contribution in [2.45, 2.75) is 5.22 Å². The summed E-state index contributed by atoms with van der Waals surface area (Å²) in [7, 11) is 0. The van der Waals surface area contributed by atoms with Gasteiger partial charge in [-0.3, -0.25) is 9.59 Å². The van der Waals surface area contributed by atoms with Crippen molar-refractivity contribution in [1.29, 1.82) is 0 Å². The topological polar surface area (TPSA) is 85.1 Å². The summed E-state index contributed by atoms with van der Waals surface area (Å²) in [5.74, 6) is 0.162. The molecule has 8 heteroatoms. The van der Waals surface area contributed by atoms with Gasteiger partial charge in [0.2, 0.25) is 11.8 Å². The van der Waals surface area contributed by atoms with E-state index in [9.17, 15) is 9.59 Å². The normalized spacial score (nSPS) is 10.9. The number of thioether (sulfide) groups is 1. The van der Waals surface area contributed by atoms with E-state index < -0.39 is 0 Å². The molecule has 0 bridgehead atoms. The van der Waals surface area contributed by atoms with Crippen LogP contribution in [0.25, 0.3) is 17.5 Å². The van der Waals surface area contributed by atoms with Crippen LogP contribution >= 0.6 is 23.4 Å². The van der Waals surface area contributed by atoms with E-state index in [0.717, 1.165) is 22.9 Å². The number of carbonyl (C=O) groups is 2. The molecule has 0 fully saturated rings. The van der Waals surface area contributed by atoms with Gasteiger partial charge >= 0.3 is 0 Å². The lowest BCUT2D eigenvalue weighted by atomic mass is 10.1. The molecule has 1 heterocycles. The molecule has 0 aliphatic rings.